The minimum absolute atomic E-state index is 0. The van der Waals surface area contributed by atoms with Gasteiger partial charge in [0.05, 0.1) is 0 Å². The summed E-state index contributed by atoms with van der Waals surface area (Å²) in [6.45, 7) is 12.4. The predicted octanol–water partition coefficient (Wildman–Crippen LogP) is 3.92. The van der Waals surface area contributed by atoms with Gasteiger partial charge in [-0.15, -0.1) is 12.4 Å². The monoisotopic (exact) mass is 231 g/mol. The summed E-state index contributed by atoms with van der Waals surface area (Å²) in [4.78, 5) is 0. The summed E-state index contributed by atoms with van der Waals surface area (Å²) in [6, 6.07) is 0. The molecule has 0 amide bonds. The molecular weight excluding hydrogens is 206 g/mol. The fraction of sp³-hybridized carbons (Fsp3) is 0.846. The van der Waals surface area contributed by atoms with Crippen LogP contribution in [0.5, 0.6) is 0 Å². The van der Waals surface area contributed by atoms with E-state index in [-0.39, 0.29) is 12.4 Å². The fourth-order valence-corrected chi connectivity index (χ4v) is 3.08. The molecule has 0 aromatic heterocycles. The number of allylic oxidation sites excluding steroid dienone is 1. The van der Waals surface area contributed by atoms with Crippen LogP contribution in [-0.4, -0.2) is 6.54 Å². The molecule has 0 aromatic rings. The van der Waals surface area contributed by atoms with Crippen molar-refractivity contribution in [3.8, 4) is 0 Å². The Labute approximate surface area is 101 Å². The average molecular weight is 232 g/mol. The van der Waals surface area contributed by atoms with Gasteiger partial charge >= 0.3 is 0 Å². The first-order valence-corrected chi connectivity index (χ1v) is 5.63. The van der Waals surface area contributed by atoms with Crippen LogP contribution in [0.2, 0.25) is 0 Å². The van der Waals surface area contributed by atoms with E-state index in [2.05, 4.69) is 34.6 Å². The van der Waals surface area contributed by atoms with Gasteiger partial charge in [-0.05, 0) is 37.0 Å². The quantitative estimate of drug-likeness (QED) is 0.681. The molecule has 0 heterocycles. The Kier molecular flexibility index (Phi) is 4.88. The van der Waals surface area contributed by atoms with Crippen LogP contribution in [0.4, 0.5) is 0 Å². The third-order valence-corrected chi connectivity index (χ3v) is 3.25. The lowest BCUT2D eigenvalue weighted by Gasteiger charge is -2.42. The first kappa shape index (κ1) is 15.0. The van der Waals surface area contributed by atoms with Gasteiger partial charge in [-0.25, -0.2) is 0 Å². The maximum atomic E-state index is 5.72. The summed E-state index contributed by atoms with van der Waals surface area (Å²) in [5.41, 5.74) is 9.64. The van der Waals surface area contributed by atoms with Crippen molar-refractivity contribution in [2.24, 2.45) is 16.6 Å². The lowest BCUT2D eigenvalue weighted by atomic mass is 9.63. The Morgan fingerprint density at radius 2 is 1.53 bits per heavy atom. The van der Waals surface area contributed by atoms with Crippen molar-refractivity contribution in [3.05, 3.63) is 11.1 Å². The number of rotatable bonds is 1. The van der Waals surface area contributed by atoms with E-state index < -0.39 is 0 Å². The van der Waals surface area contributed by atoms with Gasteiger partial charge in [-0.2, -0.15) is 0 Å². The highest BCUT2D eigenvalue weighted by Gasteiger charge is 2.35. The minimum atomic E-state index is 0. The molecular formula is C13H26ClN. The van der Waals surface area contributed by atoms with Crippen molar-refractivity contribution in [1.82, 2.24) is 0 Å². The van der Waals surface area contributed by atoms with Gasteiger partial charge in [-0.1, -0.05) is 38.8 Å². The predicted molar refractivity (Wildman–Crippen MR) is 70.4 cm³/mol. The Balaban J connectivity index is 0.00000196. The fourth-order valence-electron chi connectivity index (χ4n) is 3.08. The second kappa shape index (κ2) is 4.88. The SMILES string of the molecule is CC(CN)=C1CC(C)(C)CC(C)(C)C1.Cl. The number of nitrogens with two attached hydrogens (primary N) is 1. The highest BCUT2D eigenvalue weighted by atomic mass is 35.5. The van der Waals surface area contributed by atoms with Crippen LogP contribution >= 0.6 is 12.4 Å². The summed E-state index contributed by atoms with van der Waals surface area (Å²) in [7, 11) is 0. The molecule has 0 saturated heterocycles. The normalized spacial score (nSPS) is 23.2. The van der Waals surface area contributed by atoms with E-state index in [1.54, 1.807) is 5.57 Å². The number of halogens is 1. The molecule has 0 spiro atoms. The zero-order valence-electron chi connectivity index (χ0n) is 10.8. The molecule has 1 rings (SSSR count). The molecule has 90 valence electrons. The van der Waals surface area contributed by atoms with Crippen LogP contribution in [0, 0.1) is 10.8 Å². The lowest BCUT2D eigenvalue weighted by molar-refractivity contribution is 0.153. The highest BCUT2D eigenvalue weighted by Crippen LogP contribution is 2.48. The standard InChI is InChI=1S/C13H25N.ClH/c1-10(8-14)11-6-12(2,3)9-13(4,5)7-11;/h6-9,14H2,1-5H3;1H. The number of hydrogen-bond acceptors (Lipinski definition) is 1. The van der Waals surface area contributed by atoms with Crippen LogP contribution in [0.15, 0.2) is 11.1 Å². The topological polar surface area (TPSA) is 26.0 Å². The summed E-state index contributed by atoms with van der Waals surface area (Å²) >= 11 is 0. The van der Waals surface area contributed by atoms with Crippen molar-refractivity contribution in [2.45, 2.75) is 53.9 Å². The maximum absolute atomic E-state index is 5.72. The van der Waals surface area contributed by atoms with Gasteiger partial charge in [0.1, 0.15) is 0 Å². The van der Waals surface area contributed by atoms with Gasteiger partial charge in [0.2, 0.25) is 0 Å². The van der Waals surface area contributed by atoms with E-state index in [0.29, 0.717) is 10.8 Å². The third kappa shape index (κ3) is 4.16. The molecule has 0 aromatic carbocycles. The molecule has 1 nitrogen and oxygen atoms in total. The van der Waals surface area contributed by atoms with Crippen molar-refractivity contribution >= 4 is 12.4 Å². The van der Waals surface area contributed by atoms with Gasteiger partial charge < -0.3 is 5.73 Å². The molecule has 0 bridgehead atoms. The number of hydrogen-bond donors (Lipinski definition) is 1. The van der Waals surface area contributed by atoms with E-state index in [4.69, 9.17) is 5.73 Å². The minimum Gasteiger partial charge on any atom is -0.327 e. The maximum Gasteiger partial charge on any atom is 0.0136 e. The molecule has 0 atom stereocenters. The van der Waals surface area contributed by atoms with Crippen LogP contribution in [0.1, 0.15) is 53.9 Å². The average Bonchev–Trinajstić information content (AvgIpc) is 1.97. The third-order valence-electron chi connectivity index (χ3n) is 3.25. The molecule has 1 fully saturated rings. The van der Waals surface area contributed by atoms with E-state index >= 15 is 0 Å². The van der Waals surface area contributed by atoms with Crippen molar-refractivity contribution in [1.29, 1.82) is 0 Å². The van der Waals surface area contributed by atoms with E-state index in [9.17, 15) is 0 Å². The van der Waals surface area contributed by atoms with Gasteiger partial charge in [0.25, 0.3) is 0 Å². The van der Waals surface area contributed by atoms with Crippen LogP contribution in [0.3, 0.4) is 0 Å². The molecule has 0 unspecified atom stereocenters. The molecule has 1 saturated carbocycles. The summed E-state index contributed by atoms with van der Waals surface area (Å²) in [6.07, 6.45) is 3.79. The zero-order chi connectivity index (χ0) is 11.0. The largest absolute Gasteiger partial charge is 0.327 e. The Hall–Kier alpha value is -0.0100. The zero-order valence-corrected chi connectivity index (χ0v) is 11.6. The molecule has 0 radical (unpaired) electrons. The highest BCUT2D eigenvalue weighted by molar-refractivity contribution is 5.85. The van der Waals surface area contributed by atoms with Gasteiger partial charge in [-0.3, -0.25) is 0 Å². The first-order chi connectivity index (χ1) is 6.26. The second-order valence-corrected chi connectivity index (χ2v) is 6.45. The van der Waals surface area contributed by atoms with E-state index in [1.165, 1.54) is 24.8 Å². The molecule has 2 N–H and O–H groups in total. The van der Waals surface area contributed by atoms with Crippen molar-refractivity contribution in [2.75, 3.05) is 6.54 Å². The second-order valence-electron chi connectivity index (χ2n) is 6.45. The molecule has 15 heavy (non-hydrogen) atoms. The lowest BCUT2D eigenvalue weighted by Crippen LogP contribution is -2.30. The molecule has 0 aliphatic heterocycles. The van der Waals surface area contributed by atoms with E-state index in [0.717, 1.165) is 6.54 Å². The van der Waals surface area contributed by atoms with Crippen LogP contribution in [-0.2, 0) is 0 Å². The summed E-state index contributed by atoms with van der Waals surface area (Å²) in [5.74, 6) is 0. The Morgan fingerprint density at radius 1 is 1.13 bits per heavy atom. The van der Waals surface area contributed by atoms with E-state index in [1.807, 2.05) is 0 Å². The first-order valence-electron chi connectivity index (χ1n) is 5.63. The van der Waals surface area contributed by atoms with Crippen molar-refractivity contribution < 1.29 is 0 Å². The van der Waals surface area contributed by atoms with Crippen LogP contribution < -0.4 is 5.73 Å². The smallest absolute Gasteiger partial charge is 0.0136 e. The summed E-state index contributed by atoms with van der Waals surface area (Å²) < 4.78 is 0. The molecule has 1 aliphatic rings. The summed E-state index contributed by atoms with van der Waals surface area (Å²) in [5, 5.41) is 0. The van der Waals surface area contributed by atoms with Gasteiger partial charge in [0, 0.05) is 6.54 Å². The Bertz CT molecular complexity index is 233. The Morgan fingerprint density at radius 3 is 1.87 bits per heavy atom. The van der Waals surface area contributed by atoms with Gasteiger partial charge in [0.15, 0.2) is 0 Å². The molecule has 1 aliphatic carbocycles. The van der Waals surface area contributed by atoms with Crippen LogP contribution in [0.25, 0.3) is 0 Å². The molecule has 2 heteroatoms. The van der Waals surface area contributed by atoms with Crippen molar-refractivity contribution in [3.63, 3.8) is 0 Å².